The number of hydrogen-bond acceptors (Lipinski definition) is 6. The third kappa shape index (κ3) is 3.95. The van der Waals surface area contributed by atoms with Crippen molar-refractivity contribution in [1.29, 1.82) is 0 Å². The molecule has 3 aromatic rings. The van der Waals surface area contributed by atoms with E-state index in [1.807, 2.05) is 6.07 Å². The van der Waals surface area contributed by atoms with Gasteiger partial charge >= 0.3 is 6.09 Å². The molecule has 7 nitrogen and oxygen atoms in total. The number of amides is 1. The Hall–Kier alpha value is -2.92. The first-order valence-corrected chi connectivity index (χ1v) is 8.23. The Labute approximate surface area is 146 Å². The van der Waals surface area contributed by atoms with E-state index in [9.17, 15) is 4.79 Å². The number of pyridine rings is 1. The van der Waals surface area contributed by atoms with E-state index in [1.165, 1.54) is 0 Å². The molecule has 0 saturated carbocycles. The molecule has 2 heterocycles. The minimum Gasteiger partial charge on any atom is -0.496 e. The second-order valence-corrected chi connectivity index (χ2v) is 5.38. The normalized spacial score (nSPS) is 10.3. The Bertz CT molecular complexity index is 868. The minimum atomic E-state index is -0.528. The second kappa shape index (κ2) is 7.77. The molecule has 0 fully saturated rings. The highest BCUT2D eigenvalue weighted by atomic mass is 31.0. The predicted octanol–water partition coefficient (Wildman–Crippen LogP) is 3.33. The fourth-order valence-corrected chi connectivity index (χ4v) is 2.46. The van der Waals surface area contributed by atoms with E-state index in [4.69, 9.17) is 14.0 Å². The minimum absolute atomic E-state index is 0.400. The average Bonchev–Trinajstić information content (AvgIpc) is 3.17. The molecule has 2 aromatic heterocycles. The molecule has 8 heteroatoms. The van der Waals surface area contributed by atoms with Gasteiger partial charge in [0.2, 0.25) is 0 Å². The van der Waals surface area contributed by atoms with Crippen LogP contribution < -0.4 is 14.8 Å². The number of hydrogen-bond donors (Lipinski definition) is 1. The van der Waals surface area contributed by atoms with Crippen molar-refractivity contribution in [3.05, 3.63) is 48.9 Å². The summed E-state index contributed by atoms with van der Waals surface area (Å²) in [5, 5.41) is 6.25. The molecule has 1 unspecified atom stereocenters. The zero-order chi connectivity index (χ0) is 17.6. The first-order valence-electron chi connectivity index (χ1n) is 7.41. The van der Waals surface area contributed by atoms with Gasteiger partial charge in [-0.3, -0.25) is 4.98 Å². The van der Waals surface area contributed by atoms with Crippen molar-refractivity contribution in [3.8, 4) is 33.9 Å². The van der Waals surface area contributed by atoms with Crippen LogP contribution in [0, 0.1) is 0 Å². The van der Waals surface area contributed by atoms with Gasteiger partial charge in [0, 0.05) is 41.4 Å². The molecule has 0 saturated heterocycles. The van der Waals surface area contributed by atoms with Crippen LogP contribution in [0.5, 0.6) is 11.5 Å². The standard InChI is InChI=1S/C17H16N3O4P/c1-22-16-3-2-13(23-17(21)19-10-25)7-14(16)11-6-12(9-18-8-11)15-4-5-20-24-15/h2-9H,10,25H2,1H3,(H,19,21). The summed E-state index contributed by atoms with van der Waals surface area (Å²) >= 11 is 0. The molecule has 1 amide bonds. The lowest BCUT2D eigenvalue weighted by molar-refractivity contribution is 0.202. The Morgan fingerprint density at radius 3 is 2.80 bits per heavy atom. The number of carbonyl (C=O) groups is 1. The van der Waals surface area contributed by atoms with Gasteiger partial charge in [-0.2, -0.15) is 0 Å². The maximum absolute atomic E-state index is 11.6. The van der Waals surface area contributed by atoms with Crippen LogP contribution in [0.15, 0.2) is 53.4 Å². The maximum Gasteiger partial charge on any atom is 0.412 e. The molecule has 0 bridgehead atoms. The molecule has 1 atom stereocenters. The van der Waals surface area contributed by atoms with E-state index in [2.05, 4.69) is 24.7 Å². The highest BCUT2D eigenvalue weighted by Gasteiger charge is 2.12. The number of nitrogens with zero attached hydrogens (tertiary/aromatic N) is 2. The third-order valence-electron chi connectivity index (χ3n) is 3.40. The molecule has 0 aliphatic rings. The third-order valence-corrected chi connectivity index (χ3v) is 3.60. The summed E-state index contributed by atoms with van der Waals surface area (Å²) in [6.07, 6.45) is 4.83. The van der Waals surface area contributed by atoms with E-state index in [-0.39, 0.29) is 0 Å². The van der Waals surface area contributed by atoms with Gasteiger partial charge in [-0.1, -0.05) is 5.16 Å². The Kier molecular flexibility index (Phi) is 5.26. The summed E-state index contributed by atoms with van der Waals surface area (Å²) in [5.74, 6) is 1.65. The summed E-state index contributed by atoms with van der Waals surface area (Å²) in [6, 6.07) is 8.78. The van der Waals surface area contributed by atoms with Crippen molar-refractivity contribution >= 4 is 15.3 Å². The van der Waals surface area contributed by atoms with Gasteiger partial charge < -0.3 is 19.3 Å². The van der Waals surface area contributed by atoms with Crippen molar-refractivity contribution in [2.45, 2.75) is 0 Å². The summed E-state index contributed by atoms with van der Waals surface area (Å²) in [6.45, 7) is 0. The van der Waals surface area contributed by atoms with Crippen LogP contribution in [0.2, 0.25) is 0 Å². The molecule has 0 radical (unpaired) electrons. The molecular weight excluding hydrogens is 341 g/mol. The van der Waals surface area contributed by atoms with Crippen LogP contribution >= 0.6 is 9.24 Å². The highest BCUT2D eigenvalue weighted by molar-refractivity contribution is 7.16. The van der Waals surface area contributed by atoms with E-state index in [0.29, 0.717) is 23.5 Å². The number of rotatable bonds is 5. The van der Waals surface area contributed by atoms with Gasteiger partial charge in [0.05, 0.1) is 13.3 Å². The molecule has 128 valence electrons. The van der Waals surface area contributed by atoms with Crippen LogP contribution in [0.1, 0.15) is 0 Å². The quantitative estimate of drug-likeness (QED) is 0.705. The van der Waals surface area contributed by atoms with Crippen molar-refractivity contribution in [2.75, 3.05) is 13.4 Å². The molecular formula is C17H16N3O4P. The van der Waals surface area contributed by atoms with E-state index in [0.717, 1.165) is 16.7 Å². The Morgan fingerprint density at radius 2 is 2.08 bits per heavy atom. The number of methoxy groups -OCH3 is 1. The average molecular weight is 357 g/mol. The van der Waals surface area contributed by atoms with Crippen molar-refractivity contribution in [1.82, 2.24) is 15.5 Å². The van der Waals surface area contributed by atoms with Crippen molar-refractivity contribution < 1.29 is 18.8 Å². The van der Waals surface area contributed by atoms with E-state index < -0.39 is 6.09 Å². The lowest BCUT2D eigenvalue weighted by atomic mass is 10.0. The van der Waals surface area contributed by atoms with Gasteiger partial charge in [-0.05, 0) is 24.3 Å². The first kappa shape index (κ1) is 16.9. The molecule has 3 rings (SSSR count). The predicted molar refractivity (Wildman–Crippen MR) is 95.5 cm³/mol. The molecule has 0 aliphatic heterocycles. The summed E-state index contributed by atoms with van der Waals surface area (Å²) in [7, 11) is 3.97. The number of aromatic nitrogens is 2. The molecule has 1 aromatic carbocycles. The Balaban J connectivity index is 1.97. The smallest absolute Gasteiger partial charge is 0.412 e. The van der Waals surface area contributed by atoms with Gasteiger partial charge in [-0.15, -0.1) is 9.24 Å². The highest BCUT2D eigenvalue weighted by Crippen LogP contribution is 2.34. The molecule has 0 spiro atoms. The van der Waals surface area contributed by atoms with Crippen LogP contribution in [0.4, 0.5) is 4.79 Å². The second-order valence-electron chi connectivity index (χ2n) is 4.97. The zero-order valence-electron chi connectivity index (χ0n) is 13.4. The molecule has 0 aliphatic carbocycles. The maximum atomic E-state index is 11.6. The Morgan fingerprint density at radius 1 is 1.24 bits per heavy atom. The lowest BCUT2D eigenvalue weighted by Crippen LogP contribution is -2.25. The summed E-state index contributed by atoms with van der Waals surface area (Å²) < 4.78 is 15.8. The largest absolute Gasteiger partial charge is 0.496 e. The number of ether oxygens (including phenoxy) is 2. The topological polar surface area (TPSA) is 86.5 Å². The zero-order valence-corrected chi connectivity index (χ0v) is 14.6. The van der Waals surface area contributed by atoms with Gasteiger partial charge in [-0.25, -0.2) is 4.79 Å². The van der Waals surface area contributed by atoms with Crippen LogP contribution in [0.3, 0.4) is 0 Å². The number of carbonyl (C=O) groups excluding carboxylic acids is 1. The van der Waals surface area contributed by atoms with Gasteiger partial charge in [0.25, 0.3) is 0 Å². The van der Waals surface area contributed by atoms with Gasteiger partial charge in [0.1, 0.15) is 11.5 Å². The van der Waals surface area contributed by atoms with Crippen molar-refractivity contribution in [2.24, 2.45) is 0 Å². The fourth-order valence-electron chi connectivity index (χ4n) is 2.29. The van der Waals surface area contributed by atoms with Crippen LogP contribution in [-0.2, 0) is 0 Å². The molecule has 1 N–H and O–H groups in total. The molecule has 25 heavy (non-hydrogen) atoms. The lowest BCUT2D eigenvalue weighted by Gasteiger charge is -2.12. The summed E-state index contributed by atoms with van der Waals surface area (Å²) in [5.41, 5.74) is 2.32. The monoisotopic (exact) mass is 357 g/mol. The first-order chi connectivity index (χ1) is 12.2. The number of benzene rings is 1. The van der Waals surface area contributed by atoms with E-state index in [1.54, 1.807) is 50.0 Å². The summed E-state index contributed by atoms with van der Waals surface area (Å²) in [4.78, 5) is 15.9. The van der Waals surface area contributed by atoms with E-state index >= 15 is 0 Å². The van der Waals surface area contributed by atoms with Gasteiger partial charge in [0.15, 0.2) is 5.76 Å². The SMILES string of the molecule is COc1ccc(OC(=O)NCP)cc1-c1cncc(-c2ccno2)c1. The van der Waals surface area contributed by atoms with Crippen molar-refractivity contribution in [3.63, 3.8) is 0 Å². The van der Waals surface area contributed by atoms with Crippen LogP contribution in [-0.4, -0.2) is 29.6 Å². The van der Waals surface area contributed by atoms with Crippen LogP contribution in [0.25, 0.3) is 22.5 Å². The fraction of sp³-hybridized carbons (Fsp3) is 0.118. The number of nitrogens with one attached hydrogen (secondary N) is 1.